The molecule has 4 saturated heterocycles. The number of carbonyl (C=O) groups is 2. The summed E-state index contributed by atoms with van der Waals surface area (Å²) >= 11 is 0. The van der Waals surface area contributed by atoms with Gasteiger partial charge in [0.25, 0.3) is 5.91 Å². The number of methoxy groups -OCH3 is 2. The summed E-state index contributed by atoms with van der Waals surface area (Å²) in [6.45, 7) is 11.9. The van der Waals surface area contributed by atoms with E-state index in [0.29, 0.717) is 19.3 Å². The van der Waals surface area contributed by atoms with Crippen LogP contribution in [0.3, 0.4) is 0 Å². The fraction of sp³-hybridized carbons (Fsp3) is 0.846. The average molecular weight is 528 g/mol. The number of nitrogens with one attached hydrogen (secondary N) is 1. The highest BCUT2D eigenvalue weighted by Crippen LogP contribution is 2.44. The molecule has 4 aliphatic rings. The van der Waals surface area contributed by atoms with Crippen molar-refractivity contribution in [3.05, 3.63) is 12.2 Å². The van der Waals surface area contributed by atoms with Gasteiger partial charge in [-0.15, -0.1) is 0 Å². The number of hydrogen-bond acceptors (Lipinski definition) is 10. The van der Waals surface area contributed by atoms with Crippen molar-refractivity contribution in [3.63, 3.8) is 0 Å². The summed E-state index contributed by atoms with van der Waals surface area (Å²) in [5.74, 6) is -2.46. The number of amides is 1. The Bertz CT molecular complexity index is 879. The largest absolute Gasteiger partial charge is 0.462 e. The molecule has 0 spiro atoms. The molecule has 0 aromatic carbocycles. The highest BCUT2D eigenvalue weighted by atomic mass is 16.7. The van der Waals surface area contributed by atoms with Crippen LogP contribution in [-0.2, 0) is 42.7 Å². The Morgan fingerprint density at radius 3 is 2.57 bits per heavy atom. The lowest BCUT2D eigenvalue weighted by atomic mass is 9.72. The van der Waals surface area contributed by atoms with Gasteiger partial charge in [0.1, 0.15) is 25.1 Å². The highest BCUT2D eigenvalue weighted by molar-refractivity contribution is 5.82. The highest BCUT2D eigenvalue weighted by Gasteiger charge is 2.57. The molecular formula is C26H41NO10. The van der Waals surface area contributed by atoms with Gasteiger partial charge >= 0.3 is 5.97 Å². The van der Waals surface area contributed by atoms with E-state index in [2.05, 4.69) is 11.9 Å². The molecule has 37 heavy (non-hydrogen) atoms. The van der Waals surface area contributed by atoms with E-state index in [1.54, 1.807) is 7.11 Å². The van der Waals surface area contributed by atoms with Gasteiger partial charge in [-0.3, -0.25) is 9.59 Å². The number of cyclic esters (lactones) is 1. The number of ether oxygens (including phenoxy) is 7. The normalized spacial score (nSPS) is 42.6. The van der Waals surface area contributed by atoms with Gasteiger partial charge in [0, 0.05) is 44.8 Å². The third-order valence-electron chi connectivity index (χ3n) is 8.51. The van der Waals surface area contributed by atoms with Crippen LogP contribution in [0.15, 0.2) is 12.2 Å². The molecule has 10 atom stereocenters. The molecule has 4 fully saturated rings. The second kappa shape index (κ2) is 10.9. The predicted octanol–water partition coefficient (Wildman–Crippen LogP) is 1.41. The molecule has 0 aliphatic carbocycles. The van der Waals surface area contributed by atoms with E-state index < -0.39 is 41.6 Å². The van der Waals surface area contributed by atoms with Gasteiger partial charge in [-0.05, 0) is 13.3 Å². The minimum atomic E-state index is -1.65. The zero-order valence-electron chi connectivity index (χ0n) is 22.6. The monoisotopic (exact) mass is 527 g/mol. The predicted molar refractivity (Wildman–Crippen MR) is 129 cm³/mol. The third kappa shape index (κ3) is 5.32. The lowest BCUT2D eigenvalue weighted by molar-refractivity contribution is -0.332. The van der Waals surface area contributed by atoms with E-state index in [0.717, 1.165) is 5.57 Å². The van der Waals surface area contributed by atoms with Gasteiger partial charge in [0.2, 0.25) is 5.79 Å². The second-order valence-corrected chi connectivity index (χ2v) is 11.2. The van der Waals surface area contributed by atoms with Crippen molar-refractivity contribution in [1.29, 1.82) is 0 Å². The molecule has 4 aliphatic heterocycles. The average Bonchev–Trinajstić information content (AvgIpc) is 3.27. The molecular weight excluding hydrogens is 486 g/mol. The summed E-state index contributed by atoms with van der Waals surface area (Å²) in [4.78, 5) is 25.0. The molecule has 4 rings (SSSR count). The van der Waals surface area contributed by atoms with E-state index in [9.17, 15) is 14.7 Å². The van der Waals surface area contributed by atoms with Crippen molar-refractivity contribution in [3.8, 4) is 0 Å². The Hall–Kier alpha value is -1.60. The maximum absolute atomic E-state index is 13.3. The van der Waals surface area contributed by atoms with E-state index >= 15 is 0 Å². The Balaban J connectivity index is 1.51. The first kappa shape index (κ1) is 28.4. The van der Waals surface area contributed by atoms with Crippen LogP contribution in [0, 0.1) is 11.3 Å². The molecule has 4 heterocycles. The first-order valence-electron chi connectivity index (χ1n) is 12.9. The van der Waals surface area contributed by atoms with E-state index in [1.165, 1.54) is 7.11 Å². The number of aliphatic hydroxyl groups is 1. The summed E-state index contributed by atoms with van der Waals surface area (Å²) in [6, 6.07) is 0. The van der Waals surface area contributed by atoms with Gasteiger partial charge in [-0.25, -0.2) is 0 Å². The lowest BCUT2D eigenvalue weighted by Crippen LogP contribution is -2.69. The molecule has 0 aromatic rings. The first-order valence-corrected chi connectivity index (χ1v) is 12.9. The van der Waals surface area contributed by atoms with Gasteiger partial charge in [-0.2, -0.15) is 0 Å². The Morgan fingerprint density at radius 2 is 1.97 bits per heavy atom. The smallest absolute Gasteiger partial charge is 0.306 e. The van der Waals surface area contributed by atoms with Crippen LogP contribution >= 0.6 is 0 Å². The number of rotatable bonds is 7. The maximum Gasteiger partial charge on any atom is 0.306 e. The first-order chi connectivity index (χ1) is 17.4. The fourth-order valence-electron chi connectivity index (χ4n) is 5.92. The minimum Gasteiger partial charge on any atom is -0.462 e. The van der Waals surface area contributed by atoms with Crippen molar-refractivity contribution < 1.29 is 47.9 Å². The number of aliphatic hydroxyl groups excluding tert-OH is 1. The number of carbonyl (C=O) groups excluding carboxylic acids is 2. The number of hydrogen-bond donors (Lipinski definition) is 2. The van der Waals surface area contributed by atoms with Crippen LogP contribution < -0.4 is 5.32 Å². The zero-order chi connectivity index (χ0) is 27.1. The van der Waals surface area contributed by atoms with Gasteiger partial charge in [0.15, 0.2) is 12.3 Å². The zero-order valence-corrected chi connectivity index (χ0v) is 22.6. The minimum absolute atomic E-state index is 0.0548. The molecule has 0 bridgehead atoms. The molecule has 11 nitrogen and oxygen atoms in total. The molecule has 11 heteroatoms. The third-order valence-corrected chi connectivity index (χ3v) is 8.51. The molecule has 0 aromatic heterocycles. The molecule has 2 N–H and O–H groups in total. The summed E-state index contributed by atoms with van der Waals surface area (Å²) in [6.07, 6.45) is -3.52. The Morgan fingerprint density at radius 1 is 1.24 bits per heavy atom. The maximum atomic E-state index is 13.3. The summed E-state index contributed by atoms with van der Waals surface area (Å²) in [5.41, 5.74) is 0.339. The summed E-state index contributed by atoms with van der Waals surface area (Å²) in [7, 11) is 3.00. The van der Waals surface area contributed by atoms with Crippen molar-refractivity contribution in [2.24, 2.45) is 11.3 Å². The van der Waals surface area contributed by atoms with Crippen LogP contribution in [-0.4, -0.2) is 92.7 Å². The van der Waals surface area contributed by atoms with Crippen LogP contribution in [0.1, 0.15) is 53.4 Å². The Labute approximate surface area is 218 Å². The molecule has 0 saturated carbocycles. The molecule has 4 unspecified atom stereocenters. The molecule has 0 radical (unpaired) electrons. The molecule has 210 valence electrons. The van der Waals surface area contributed by atoms with E-state index in [-0.39, 0.29) is 49.5 Å². The quantitative estimate of drug-likeness (QED) is 0.370. The number of fused-ring (bicyclic) bond motifs is 1. The summed E-state index contributed by atoms with van der Waals surface area (Å²) < 4.78 is 41.0. The van der Waals surface area contributed by atoms with Gasteiger partial charge in [0.05, 0.1) is 18.3 Å². The van der Waals surface area contributed by atoms with Crippen molar-refractivity contribution >= 4 is 11.9 Å². The van der Waals surface area contributed by atoms with Gasteiger partial charge in [-0.1, -0.05) is 32.9 Å². The van der Waals surface area contributed by atoms with E-state index in [4.69, 9.17) is 33.2 Å². The van der Waals surface area contributed by atoms with Crippen LogP contribution in [0.5, 0.6) is 0 Å². The standard InChI is InChI=1S/C26H41NO10/c1-13-11-26(32-7,37-15(3)14(13)2)21(29)23(30)27-24-20-19(33-12-34-24)22(31-6)25(4,5)17(36-20)10-16-8-9-18(28)35-16/h14-17,19-22,24,29H,1,8-12H2,2-7H3,(H,27,30)/t14-,15-,16?,17-,19?,20?,21-,22-,24?,26-/m1/s1. The molecule has 1 amide bonds. The van der Waals surface area contributed by atoms with Crippen LogP contribution in [0.2, 0.25) is 0 Å². The number of esters is 1. The fourth-order valence-corrected chi connectivity index (χ4v) is 5.92. The lowest BCUT2D eigenvalue weighted by Gasteiger charge is -2.54. The van der Waals surface area contributed by atoms with Crippen molar-refractivity contribution in [1.82, 2.24) is 5.32 Å². The van der Waals surface area contributed by atoms with E-state index in [1.807, 2.05) is 27.7 Å². The topological polar surface area (TPSA) is 131 Å². The second-order valence-electron chi connectivity index (χ2n) is 11.2. The van der Waals surface area contributed by atoms with Crippen molar-refractivity contribution in [2.75, 3.05) is 21.0 Å². The van der Waals surface area contributed by atoms with Crippen LogP contribution in [0.4, 0.5) is 0 Å². The van der Waals surface area contributed by atoms with Gasteiger partial charge < -0.3 is 43.6 Å². The SMILES string of the molecule is C=C1C[C@](OC)([C@H](O)C(=O)NC2OCOC3C2O[C@H](CC2CCC(=O)O2)C(C)(C)[C@@H]3OC)O[C@H](C)[C@@H]1C. The van der Waals surface area contributed by atoms with Crippen LogP contribution in [0.25, 0.3) is 0 Å². The Kier molecular flexibility index (Phi) is 8.35. The summed E-state index contributed by atoms with van der Waals surface area (Å²) in [5, 5.41) is 13.8. The van der Waals surface area contributed by atoms with Crippen molar-refractivity contribution in [2.45, 2.75) is 108 Å².